The van der Waals surface area contributed by atoms with Gasteiger partial charge in [0.25, 0.3) is 0 Å². The number of carbonyl (C=O) groups is 2. The molecule has 2 amide bonds. The summed E-state index contributed by atoms with van der Waals surface area (Å²) in [7, 11) is 0. The maximum absolute atomic E-state index is 11.3. The Bertz CT molecular complexity index is 264. The van der Waals surface area contributed by atoms with Crippen LogP contribution in [-0.4, -0.2) is 41.4 Å². The smallest absolute Gasteiger partial charge is 0.334 e. The molecule has 1 aliphatic carbocycles. The van der Waals surface area contributed by atoms with Gasteiger partial charge in [0.15, 0.2) is 6.10 Å². The number of carboxylic acids is 1. The predicted molar refractivity (Wildman–Crippen MR) is 61.6 cm³/mol. The normalized spacial score (nSPS) is 18.4. The quantitative estimate of drug-likeness (QED) is 0.559. The van der Waals surface area contributed by atoms with Crippen molar-refractivity contribution in [2.45, 2.75) is 38.2 Å². The number of rotatable bonds is 5. The Morgan fingerprint density at radius 3 is 2.41 bits per heavy atom. The van der Waals surface area contributed by atoms with Crippen molar-refractivity contribution in [3.63, 3.8) is 0 Å². The highest BCUT2D eigenvalue weighted by atomic mass is 16.4. The number of hydrogen-bond acceptors (Lipinski definition) is 3. The Kier molecular flexibility index (Phi) is 5.76. The Morgan fingerprint density at radius 2 is 1.82 bits per heavy atom. The predicted octanol–water partition coefficient (Wildman–Crippen LogP) is 0.311. The van der Waals surface area contributed by atoms with E-state index in [-0.39, 0.29) is 6.54 Å². The molecule has 0 saturated heterocycles. The van der Waals surface area contributed by atoms with Gasteiger partial charge in [-0.05, 0) is 18.8 Å². The molecule has 6 nitrogen and oxygen atoms in total. The number of carbonyl (C=O) groups excluding carboxylic acids is 1. The number of nitrogens with one attached hydrogen (secondary N) is 2. The van der Waals surface area contributed by atoms with Crippen molar-refractivity contribution >= 4 is 12.0 Å². The van der Waals surface area contributed by atoms with Crippen LogP contribution in [0.4, 0.5) is 4.79 Å². The first-order valence-electron chi connectivity index (χ1n) is 6.02. The van der Waals surface area contributed by atoms with Gasteiger partial charge in [-0.2, -0.15) is 0 Å². The first kappa shape index (κ1) is 13.8. The van der Waals surface area contributed by atoms with Crippen LogP contribution in [0.25, 0.3) is 0 Å². The maximum Gasteiger partial charge on any atom is 0.334 e. The molecule has 17 heavy (non-hydrogen) atoms. The summed E-state index contributed by atoms with van der Waals surface area (Å²) in [5, 5.41) is 22.4. The van der Waals surface area contributed by atoms with Crippen molar-refractivity contribution in [3.05, 3.63) is 0 Å². The summed E-state index contributed by atoms with van der Waals surface area (Å²) >= 11 is 0. The van der Waals surface area contributed by atoms with Crippen LogP contribution in [0.5, 0.6) is 0 Å². The van der Waals surface area contributed by atoms with E-state index in [2.05, 4.69) is 10.6 Å². The molecule has 98 valence electrons. The van der Waals surface area contributed by atoms with E-state index >= 15 is 0 Å². The highest BCUT2D eigenvalue weighted by molar-refractivity contribution is 5.76. The lowest BCUT2D eigenvalue weighted by Gasteiger charge is -2.21. The van der Waals surface area contributed by atoms with E-state index in [1.165, 1.54) is 19.3 Å². The minimum absolute atomic E-state index is 0.272. The van der Waals surface area contributed by atoms with Crippen molar-refractivity contribution in [1.29, 1.82) is 0 Å². The lowest BCUT2D eigenvalue weighted by molar-refractivity contribution is -0.146. The maximum atomic E-state index is 11.3. The van der Waals surface area contributed by atoms with Gasteiger partial charge in [-0.15, -0.1) is 0 Å². The van der Waals surface area contributed by atoms with Gasteiger partial charge < -0.3 is 20.8 Å². The molecule has 0 spiro atoms. The Hall–Kier alpha value is -1.30. The van der Waals surface area contributed by atoms with Crippen LogP contribution in [0, 0.1) is 5.92 Å². The number of aliphatic hydroxyl groups is 1. The van der Waals surface area contributed by atoms with Crippen molar-refractivity contribution in [2.75, 3.05) is 13.1 Å². The third-order valence-corrected chi connectivity index (χ3v) is 3.02. The van der Waals surface area contributed by atoms with Crippen LogP contribution < -0.4 is 10.6 Å². The summed E-state index contributed by atoms with van der Waals surface area (Å²) in [4.78, 5) is 21.6. The van der Waals surface area contributed by atoms with Crippen molar-refractivity contribution < 1.29 is 19.8 Å². The molecule has 4 N–H and O–H groups in total. The molecule has 0 radical (unpaired) electrons. The fourth-order valence-electron chi connectivity index (χ4n) is 1.97. The molecule has 1 saturated carbocycles. The van der Waals surface area contributed by atoms with E-state index < -0.39 is 18.1 Å². The van der Waals surface area contributed by atoms with E-state index in [1.807, 2.05) is 0 Å². The van der Waals surface area contributed by atoms with Gasteiger partial charge in [0.2, 0.25) is 0 Å². The summed E-state index contributed by atoms with van der Waals surface area (Å²) in [5.74, 6) is -0.809. The van der Waals surface area contributed by atoms with E-state index in [9.17, 15) is 9.59 Å². The molecule has 1 rings (SSSR count). The highest BCUT2D eigenvalue weighted by Gasteiger charge is 2.16. The second-order valence-corrected chi connectivity index (χ2v) is 4.45. The van der Waals surface area contributed by atoms with Crippen LogP contribution in [0.15, 0.2) is 0 Å². The van der Waals surface area contributed by atoms with Gasteiger partial charge in [-0.1, -0.05) is 19.3 Å². The summed E-state index contributed by atoms with van der Waals surface area (Å²) in [5.41, 5.74) is 0. The fourth-order valence-corrected chi connectivity index (χ4v) is 1.97. The molecule has 0 heterocycles. The number of aliphatic hydroxyl groups excluding tert-OH is 1. The second-order valence-electron chi connectivity index (χ2n) is 4.45. The molecule has 1 atom stereocenters. The lowest BCUT2D eigenvalue weighted by atomic mass is 9.89. The SMILES string of the molecule is O=C(NCC1CCCCC1)NC[C@H](O)C(=O)O. The Morgan fingerprint density at radius 1 is 1.18 bits per heavy atom. The van der Waals surface area contributed by atoms with E-state index in [0.717, 1.165) is 12.8 Å². The number of aliphatic carboxylic acids is 1. The zero-order valence-electron chi connectivity index (χ0n) is 9.82. The topological polar surface area (TPSA) is 98.7 Å². The molecule has 6 heteroatoms. The molecule has 1 aliphatic rings. The van der Waals surface area contributed by atoms with Crippen LogP contribution >= 0.6 is 0 Å². The molecule has 0 aromatic heterocycles. The van der Waals surface area contributed by atoms with Gasteiger partial charge >= 0.3 is 12.0 Å². The summed E-state index contributed by atoms with van der Waals surface area (Å²) in [6.07, 6.45) is 4.43. The van der Waals surface area contributed by atoms with Gasteiger partial charge in [-0.25, -0.2) is 9.59 Å². The average molecular weight is 244 g/mol. The largest absolute Gasteiger partial charge is 0.479 e. The molecule has 0 bridgehead atoms. The van der Waals surface area contributed by atoms with Crippen molar-refractivity contribution in [2.24, 2.45) is 5.92 Å². The molecule has 0 unspecified atom stereocenters. The Balaban J connectivity index is 2.10. The lowest BCUT2D eigenvalue weighted by Crippen LogP contribution is -2.43. The fraction of sp³-hybridized carbons (Fsp3) is 0.818. The van der Waals surface area contributed by atoms with E-state index in [1.54, 1.807) is 0 Å². The van der Waals surface area contributed by atoms with Crippen LogP contribution in [0.3, 0.4) is 0 Å². The number of carboxylic acid groups (broad SMARTS) is 1. The summed E-state index contributed by atoms with van der Waals surface area (Å²) < 4.78 is 0. The minimum Gasteiger partial charge on any atom is -0.479 e. The van der Waals surface area contributed by atoms with Gasteiger partial charge in [0, 0.05) is 6.54 Å². The molecule has 0 aromatic rings. The minimum atomic E-state index is -1.55. The van der Waals surface area contributed by atoms with E-state index in [0.29, 0.717) is 12.5 Å². The second kappa shape index (κ2) is 7.11. The summed E-state index contributed by atoms with van der Waals surface area (Å²) in [6.45, 7) is 0.348. The van der Waals surface area contributed by atoms with Crippen molar-refractivity contribution in [1.82, 2.24) is 10.6 Å². The average Bonchev–Trinajstić information content (AvgIpc) is 2.34. The molecular weight excluding hydrogens is 224 g/mol. The number of urea groups is 1. The Labute approximate surface area is 100 Å². The number of hydrogen-bond donors (Lipinski definition) is 4. The zero-order valence-corrected chi connectivity index (χ0v) is 9.82. The standard InChI is InChI=1S/C11H20N2O4/c14-9(10(15)16)7-13-11(17)12-6-8-4-2-1-3-5-8/h8-9,14H,1-7H2,(H,15,16)(H2,12,13,17)/t9-/m0/s1. The first-order valence-corrected chi connectivity index (χ1v) is 6.02. The summed E-state index contributed by atoms with van der Waals surface area (Å²) in [6, 6.07) is -0.420. The first-order chi connectivity index (χ1) is 8.09. The van der Waals surface area contributed by atoms with Gasteiger partial charge in [0.1, 0.15) is 0 Å². The highest BCUT2D eigenvalue weighted by Crippen LogP contribution is 2.22. The third kappa shape index (κ3) is 5.53. The molecule has 0 aliphatic heterocycles. The monoisotopic (exact) mass is 244 g/mol. The van der Waals surface area contributed by atoms with Crippen LogP contribution in [0.2, 0.25) is 0 Å². The molecule has 0 aromatic carbocycles. The molecule has 1 fully saturated rings. The van der Waals surface area contributed by atoms with Crippen LogP contribution in [-0.2, 0) is 4.79 Å². The number of amides is 2. The van der Waals surface area contributed by atoms with Crippen LogP contribution in [0.1, 0.15) is 32.1 Å². The third-order valence-electron chi connectivity index (χ3n) is 3.02. The molecular formula is C11H20N2O4. The zero-order chi connectivity index (χ0) is 12.7. The van der Waals surface area contributed by atoms with E-state index in [4.69, 9.17) is 10.2 Å². The van der Waals surface area contributed by atoms with Gasteiger partial charge in [-0.3, -0.25) is 0 Å². The van der Waals surface area contributed by atoms with Crippen molar-refractivity contribution in [3.8, 4) is 0 Å². The van der Waals surface area contributed by atoms with Gasteiger partial charge in [0.05, 0.1) is 6.54 Å².